The molecule has 0 fully saturated rings. The van der Waals surface area contributed by atoms with Gasteiger partial charge >= 0.3 is 0 Å². The first-order valence-electron chi connectivity index (χ1n) is 5.11. The maximum atomic E-state index is 6.11. The maximum absolute atomic E-state index is 6.11. The number of hydrogen-bond donors (Lipinski definition) is 1. The predicted octanol–water partition coefficient (Wildman–Crippen LogP) is 2.83. The van der Waals surface area contributed by atoms with Crippen LogP contribution in [0.15, 0.2) is 47.1 Å². The standard InChI is InChI=1S/C13H15NO/c1-10-12(7-8-15-10)13(14)9-11-5-3-2-4-6-11/h2-8,13H,9,14H2,1H3. The van der Waals surface area contributed by atoms with E-state index in [-0.39, 0.29) is 6.04 Å². The average molecular weight is 201 g/mol. The van der Waals surface area contributed by atoms with Gasteiger partial charge in [0.1, 0.15) is 5.76 Å². The third kappa shape index (κ3) is 2.28. The second-order valence-electron chi connectivity index (χ2n) is 3.73. The van der Waals surface area contributed by atoms with Gasteiger partial charge in [-0.15, -0.1) is 0 Å². The van der Waals surface area contributed by atoms with Gasteiger partial charge in [0.05, 0.1) is 6.26 Å². The molecule has 0 radical (unpaired) electrons. The molecule has 1 unspecified atom stereocenters. The fourth-order valence-corrected chi connectivity index (χ4v) is 1.76. The van der Waals surface area contributed by atoms with E-state index in [1.807, 2.05) is 31.2 Å². The molecule has 2 rings (SSSR count). The lowest BCUT2D eigenvalue weighted by molar-refractivity contribution is 0.524. The predicted molar refractivity (Wildman–Crippen MR) is 60.5 cm³/mol. The van der Waals surface area contributed by atoms with Crippen molar-refractivity contribution in [2.75, 3.05) is 0 Å². The lowest BCUT2D eigenvalue weighted by Crippen LogP contribution is -2.13. The van der Waals surface area contributed by atoms with Crippen molar-refractivity contribution in [3.8, 4) is 0 Å². The first-order valence-corrected chi connectivity index (χ1v) is 5.11. The van der Waals surface area contributed by atoms with Crippen molar-refractivity contribution >= 4 is 0 Å². The van der Waals surface area contributed by atoms with Crippen molar-refractivity contribution < 1.29 is 4.42 Å². The van der Waals surface area contributed by atoms with Crippen LogP contribution in [-0.4, -0.2) is 0 Å². The second kappa shape index (κ2) is 4.32. The lowest BCUT2D eigenvalue weighted by atomic mass is 10.0. The molecule has 0 saturated carbocycles. The zero-order chi connectivity index (χ0) is 10.7. The Hall–Kier alpha value is -1.54. The van der Waals surface area contributed by atoms with Crippen molar-refractivity contribution in [2.24, 2.45) is 5.73 Å². The highest BCUT2D eigenvalue weighted by atomic mass is 16.3. The third-order valence-electron chi connectivity index (χ3n) is 2.60. The van der Waals surface area contributed by atoms with Crippen molar-refractivity contribution in [3.05, 3.63) is 59.5 Å². The van der Waals surface area contributed by atoms with Gasteiger partial charge in [0, 0.05) is 11.6 Å². The van der Waals surface area contributed by atoms with Gasteiger partial charge in [-0.25, -0.2) is 0 Å². The maximum Gasteiger partial charge on any atom is 0.105 e. The van der Waals surface area contributed by atoms with Crippen molar-refractivity contribution in [2.45, 2.75) is 19.4 Å². The molecule has 1 aromatic carbocycles. The molecule has 0 saturated heterocycles. The summed E-state index contributed by atoms with van der Waals surface area (Å²) >= 11 is 0. The van der Waals surface area contributed by atoms with Crippen LogP contribution in [0.3, 0.4) is 0 Å². The molecule has 2 nitrogen and oxygen atoms in total. The first kappa shape index (κ1) is 9.99. The molecule has 0 bridgehead atoms. The molecular weight excluding hydrogens is 186 g/mol. The number of furan rings is 1. The minimum Gasteiger partial charge on any atom is -0.469 e. The monoisotopic (exact) mass is 201 g/mol. The topological polar surface area (TPSA) is 39.2 Å². The Morgan fingerprint density at radius 2 is 1.93 bits per heavy atom. The van der Waals surface area contributed by atoms with E-state index in [4.69, 9.17) is 10.2 Å². The molecule has 0 amide bonds. The van der Waals surface area contributed by atoms with Crippen LogP contribution in [0, 0.1) is 6.92 Å². The minimum atomic E-state index is 0.0196. The van der Waals surface area contributed by atoms with Gasteiger partial charge in [0.15, 0.2) is 0 Å². The highest BCUT2D eigenvalue weighted by Crippen LogP contribution is 2.20. The van der Waals surface area contributed by atoms with Crippen LogP contribution in [0.1, 0.15) is 22.9 Å². The molecule has 1 aromatic heterocycles. The fourth-order valence-electron chi connectivity index (χ4n) is 1.76. The third-order valence-corrected chi connectivity index (χ3v) is 2.60. The molecule has 2 N–H and O–H groups in total. The quantitative estimate of drug-likeness (QED) is 0.829. The molecule has 1 heterocycles. The van der Waals surface area contributed by atoms with Gasteiger partial charge in [-0.3, -0.25) is 0 Å². The smallest absolute Gasteiger partial charge is 0.105 e. The number of nitrogens with two attached hydrogens (primary N) is 1. The van der Waals surface area contributed by atoms with E-state index in [1.165, 1.54) is 5.56 Å². The fraction of sp³-hybridized carbons (Fsp3) is 0.231. The Labute approximate surface area is 89.7 Å². The molecule has 0 aliphatic rings. The Morgan fingerprint density at radius 1 is 1.20 bits per heavy atom. The summed E-state index contributed by atoms with van der Waals surface area (Å²) in [7, 11) is 0. The average Bonchev–Trinajstić information content (AvgIpc) is 2.66. The Bertz CT molecular complexity index is 419. The summed E-state index contributed by atoms with van der Waals surface area (Å²) in [5, 5.41) is 0. The minimum absolute atomic E-state index is 0.0196. The molecule has 0 spiro atoms. The zero-order valence-electron chi connectivity index (χ0n) is 8.81. The summed E-state index contributed by atoms with van der Waals surface area (Å²) in [6, 6.07) is 12.2. The van der Waals surface area contributed by atoms with Crippen LogP contribution in [0.2, 0.25) is 0 Å². The molecule has 2 aromatic rings. The number of benzene rings is 1. The number of hydrogen-bond acceptors (Lipinski definition) is 2. The zero-order valence-corrected chi connectivity index (χ0v) is 8.81. The largest absolute Gasteiger partial charge is 0.469 e. The molecule has 0 aliphatic heterocycles. The Kier molecular flexibility index (Phi) is 2.88. The SMILES string of the molecule is Cc1occc1C(N)Cc1ccccc1. The number of rotatable bonds is 3. The Balaban J connectivity index is 2.11. The summed E-state index contributed by atoms with van der Waals surface area (Å²) in [6.07, 6.45) is 2.54. The molecule has 15 heavy (non-hydrogen) atoms. The molecule has 0 aliphatic carbocycles. The highest BCUT2D eigenvalue weighted by molar-refractivity contribution is 5.24. The number of aryl methyl sites for hydroxylation is 1. The normalized spacial score (nSPS) is 12.7. The van der Waals surface area contributed by atoms with Crippen molar-refractivity contribution in [3.63, 3.8) is 0 Å². The van der Waals surface area contributed by atoms with Crippen LogP contribution in [0.5, 0.6) is 0 Å². The van der Waals surface area contributed by atoms with Gasteiger partial charge in [-0.05, 0) is 25.0 Å². The highest BCUT2D eigenvalue weighted by Gasteiger charge is 2.11. The van der Waals surface area contributed by atoms with E-state index in [0.29, 0.717) is 0 Å². The first-order chi connectivity index (χ1) is 7.27. The van der Waals surface area contributed by atoms with Crippen molar-refractivity contribution in [1.29, 1.82) is 0 Å². The van der Waals surface area contributed by atoms with Crippen molar-refractivity contribution in [1.82, 2.24) is 0 Å². The van der Waals surface area contributed by atoms with E-state index in [0.717, 1.165) is 17.7 Å². The van der Waals surface area contributed by atoms with Crippen LogP contribution in [0.25, 0.3) is 0 Å². The van der Waals surface area contributed by atoms with E-state index in [9.17, 15) is 0 Å². The summed E-state index contributed by atoms with van der Waals surface area (Å²) in [6.45, 7) is 1.94. The van der Waals surface area contributed by atoms with Crippen LogP contribution >= 0.6 is 0 Å². The summed E-state index contributed by atoms with van der Waals surface area (Å²) in [5.74, 6) is 0.915. The van der Waals surface area contributed by atoms with Crippen LogP contribution in [0.4, 0.5) is 0 Å². The molecular formula is C13H15NO. The molecule has 78 valence electrons. The summed E-state index contributed by atoms with van der Waals surface area (Å²) in [4.78, 5) is 0. The molecule has 2 heteroatoms. The lowest BCUT2D eigenvalue weighted by Gasteiger charge is -2.10. The van der Waals surface area contributed by atoms with Gasteiger partial charge in [0.2, 0.25) is 0 Å². The summed E-state index contributed by atoms with van der Waals surface area (Å²) < 4.78 is 5.24. The summed E-state index contributed by atoms with van der Waals surface area (Å²) in [5.41, 5.74) is 8.46. The van der Waals surface area contributed by atoms with Gasteiger partial charge in [-0.1, -0.05) is 30.3 Å². The van der Waals surface area contributed by atoms with Crippen LogP contribution in [-0.2, 0) is 6.42 Å². The van der Waals surface area contributed by atoms with Crippen LogP contribution < -0.4 is 5.73 Å². The molecule has 1 atom stereocenters. The van der Waals surface area contributed by atoms with Gasteiger partial charge in [0.25, 0.3) is 0 Å². The van der Waals surface area contributed by atoms with E-state index >= 15 is 0 Å². The Morgan fingerprint density at radius 3 is 2.53 bits per heavy atom. The van der Waals surface area contributed by atoms with Gasteiger partial charge in [-0.2, -0.15) is 0 Å². The van der Waals surface area contributed by atoms with E-state index in [2.05, 4.69) is 12.1 Å². The second-order valence-corrected chi connectivity index (χ2v) is 3.73. The van der Waals surface area contributed by atoms with Gasteiger partial charge < -0.3 is 10.2 Å². The van der Waals surface area contributed by atoms with E-state index < -0.39 is 0 Å². The van der Waals surface area contributed by atoms with E-state index in [1.54, 1.807) is 6.26 Å².